The van der Waals surface area contributed by atoms with E-state index in [0.29, 0.717) is 34.9 Å². The summed E-state index contributed by atoms with van der Waals surface area (Å²) in [6.07, 6.45) is 5.46. The molecule has 0 radical (unpaired) electrons. The van der Waals surface area contributed by atoms with Gasteiger partial charge in [-0.3, -0.25) is 9.59 Å². The van der Waals surface area contributed by atoms with Gasteiger partial charge in [0.15, 0.2) is 23.5 Å². The molecule has 2 unspecified atom stereocenters. The van der Waals surface area contributed by atoms with Crippen LogP contribution in [-0.2, 0) is 25.7 Å². The summed E-state index contributed by atoms with van der Waals surface area (Å²) in [5, 5.41) is 22.5. The van der Waals surface area contributed by atoms with Crippen LogP contribution in [0.25, 0.3) is 0 Å². The molecule has 8 nitrogen and oxygen atoms in total. The summed E-state index contributed by atoms with van der Waals surface area (Å²) in [6.45, 7) is 3.72. The number of Topliss-reactive ketones (excluding diaryl/α,β-unsaturated/α-hetero) is 1. The second-order valence-corrected chi connectivity index (χ2v) is 14.0. The van der Waals surface area contributed by atoms with E-state index >= 15 is 0 Å². The second-order valence-electron chi connectivity index (χ2n) is 13.6. The number of aliphatic hydroxyl groups is 2. The number of ether oxygens (including phenoxy) is 3. The number of fused-ring (bicyclic) bond motifs is 7. The first-order valence-electron chi connectivity index (χ1n) is 15.4. The molecule has 0 amide bonds. The van der Waals surface area contributed by atoms with Crippen LogP contribution in [0.15, 0.2) is 66.3 Å². The maximum Gasteiger partial charge on any atom is 0.193 e. The predicted octanol–water partition coefficient (Wildman–Crippen LogP) is 5.10. The number of rotatable bonds is 6. The lowest BCUT2D eigenvalue weighted by atomic mass is 9.46. The van der Waals surface area contributed by atoms with Crippen molar-refractivity contribution in [1.82, 2.24) is 0 Å². The zero-order valence-electron chi connectivity index (χ0n) is 24.9. The third kappa shape index (κ3) is 4.33. The Balaban J connectivity index is 1.19. The molecule has 7 rings (SSSR count). The summed E-state index contributed by atoms with van der Waals surface area (Å²) in [6, 6.07) is 12.7. The van der Waals surface area contributed by atoms with Gasteiger partial charge >= 0.3 is 0 Å². The fourth-order valence-corrected chi connectivity index (χ4v) is 9.72. The molecule has 0 aromatic heterocycles. The highest BCUT2D eigenvalue weighted by molar-refractivity contribution is 6.30. The Morgan fingerprint density at radius 1 is 1.20 bits per heavy atom. The van der Waals surface area contributed by atoms with E-state index < -0.39 is 47.3 Å². The molecule has 1 heterocycles. The number of nitrogen functional groups attached to an aromatic ring is 1. The van der Waals surface area contributed by atoms with Crippen molar-refractivity contribution in [3.05, 3.63) is 82.4 Å². The fraction of sp³-hybridized carbons (Fsp3) is 0.486. The van der Waals surface area contributed by atoms with E-state index in [1.165, 1.54) is 0 Å². The Labute approximate surface area is 261 Å². The number of allylic oxidation sites excluding steroid dienone is 4. The summed E-state index contributed by atoms with van der Waals surface area (Å²) in [5.41, 5.74) is 6.46. The molecule has 9 heteroatoms. The van der Waals surface area contributed by atoms with Crippen LogP contribution in [-0.4, -0.2) is 46.2 Å². The number of anilines is 1. The zero-order chi connectivity index (χ0) is 31.0. The maximum absolute atomic E-state index is 13.8. The Bertz CT molecular complexity index is 1590. The Hall–Kier alpha value is -3.01. The molecular formula is C35H38ClNO7. The molecule has 3 saturated carbocycles. The predicted molar refractivity (Wildman–Crippen MR) is 164 cm³/mol. The highest BCUT2D eigenvalue weighted by Crippen LogP contribution is 2.70. The minimum atomic E-state index is -1.44. The smallest absolute Gasteiger partial charge is 0.193 e. The minimum absolute atomic E-state index is 0.0123. The Morgan fingerprint density at radius 2 is 2.02 bits per heavy atom. The van der Waals surface area contributed by atoms with Gasteiger partial charge in [-0.2, -0.15) is 0 Å². The van der Waals surface area contributed by atoms with E-state index in [1.54, 1.807) is 30.4 Å². The van der Waals surface area contributed by atoms with Gasteiger partial charge in [-0.15, -0.1) is 0 Å². The molecule has 1 aliphatic heterocycles. The van der Waals surface area contributed by atoms with Crippen LogP contribution >= 0.6 is 11.6 Å². The number of halogens is 1. The SMILES string of the molecule is C[C@]12C=CC(=O)C=C1CC[C@@H]1C2[C@@H](O)C[C@@]2(C)C1C[C@H]1O[C@H](c3cc(Cl)cc(OCc4cccc(N)c4)c3)O[C@]12C(=O)CO. The molecule has 44 heavy (non-hydrogen) atoms. The van der Waals surface area contributed by atoms with Gasteiger partial charge in [0.1, 0.15) is 19.0 Å². The number of nitrogens with two attached hydrogens (primary N) is 1. The van der Waals surface area contributed by atoms with Gasteiger partial charge in [0.05, 0.1) is 12.2 Å². The minimum Gasteiger partial charge on any atom is -0.489 e. The summed E-state index contributed by atoms with van der Waals surface area (Å²) in [4.78, 5) is 26.0. The molecule has 5 aliphatic rings. The van der Waals surface area contributed by atoms with Crippen LogP contribution in [0.4, 0.5) is 5.69 Å². The van der Waals surface area contributed by atoms with E-state index in [2.05, 4.69) is 6.92 Å². The molecular weight excluding hydrogens is 582 g/mol. The van der Waals surface area contributed by atoms with Gasteiger partial charge in [-0.25, -0.2) is 0 Å². The molecule has 2 aromatic rings. The maximum atomic E-state index is 13.8. The van der Waals surface area contributed by atoms with Crippen LogP contribution in [0.2, 0.25) is 5.02 Å². The van der Waals surface area contributed by atoms with Gasteiger partial charge < -0.3 is 30.2 Å². The second kappa shape index (κ2) is 10.5. The van der Waals surface area contributed by atoms with Gasteiger partial charge in [0, 0.05) is 33.0 Å². The average molecular weight is 620 g/mol. The first kappa shape index (κ1) is 29.7. The molecule has 4 N–H and O–H groups in total. The first-order chi connectivity index (χ1) is 21.0. The van der Waals surface area contributed by atoms with Crippen LogP contribution in [0.5, 0.6) is 5.75 Å². The van der Waals surface area contributed by atoms with Crippen molar-refractivity contribution in [2.24, 2.45) is 28.6 Å². The molecule has 1 saturated heterocycles. The van der Waals surface area contributed by atoms with Crippen LogP contribution in [0.1, 0.15) is 56.9 Å². The molecule has 4 fully saturated rings. The van der Waals surface area contributed by atoms with Crippen molar-refractivity contribution < 1.29 is 34.0 Å². The summed E-state index contributed by atoms with van der Waals surface area (Å²) in [7, 11) is 0. The van der Waals surface area contributed by atoms with Gasteiger partial charge in [-0.1, -0.05) is 49.2 Å². The van der Waals surface area contributed by atoms with Crippen molar-refractivity contribution in [1.29, 1.82) is 0 Å². The third-order valence-electron chi connectivity index (χ3n) is 11.3. The monoisotopic (exact) mass is 619 g/mol. The van der Waals surface area contributed by atoms with Crippen molar-refractivity contribution in [2.45, 2.75) is 70.2 Å². The standard InChI is InChI=1S/C35H38ClNO7/c1-33-9-8-24(39)13-21(33)6-7-26-27-15-30-35(29(41)17-38,34(27,2)16-28(40)31(26)33)44-32(43-30)20-11-22(36)14-25(12-20)42-18-19-4-3-5-23(37)10-19/h3-5,8-14,26-28,30-32,38,40H,6-7,15-18,37H2,1-2H3/t26-,27?,28-,30+,31?,32-,33-,34-,35+/m0/s1. The van der Waals surface area contributed by atoms with Crippen molar-refractivity contribution in [2.75, 3.05) is 12.3 Å². The van der Waals surface area contributed by atoms with Crippen LogP contribution < -0.4 is 10.5 Å². The number of carbonyl (C=O) groups is 2. The lowest BCUT2D eigenvalue weighted by molar-refractivity contribution is -0.201. The number of ketones is 2. The van der Waals surface area contributed by atoms with E-state index in [0.717, 1.165) is 24.0 Å². The van der Waals surface area contributed by atoms with Crippen molar-refractivity contribution in [3.63, 3.8) is 0 Å². The zero-order valence-corrected chi connectivity index (χ0v) is 25.6. The summed E-state index contributed by atoms with van der Waals surface area (Å²) < 4.78 is 19.3. The van der Waals surface area contributed by atoms with E-state index in [-0.39, 0.29) is 30.1 Å². The summed E-state index contributed by atoms with van der Waals surface area (Å²) in [5.74, 6) is 0.0566. The number of hydrogen-bond acceptors (Lipinski definition) is 8. The third-order valence-corrected chi connectivity index (χ3v) is 11.5. The highest BCUT2D eigenvalue weighted by atomic mass is 35.5. The Kier molecular flexibility index (Phi) is 7.10. The van der Waals surface area contributed by atoms with Gasteiger partial charge in [0.25, 0.3) is 0 Å². The number of benzene rings is 2. The van der Waals surface area contributed by atoms with Crippen molar-refractivity contribution >= 4 is 28.9 Å². The largest absolute Gasteiger partial charge is 0.489 e. The van der Waals surface area contributed by atoms with Crippen LogP contribution in [0, 0.1) is 28.6 Å². The van der Waals surface area contributed by atoms with E-state index in [9.17, 15) is 19.8 Å². The van der Waals surface area contributed by atoms with E-state index in [1.807, 2.05) is 37.3 Å². The molecule has 0 spiro atoms. The molecule has 232 valence electrons. The van der Waals surface area contributed by atoms with E-state index in [4.69, 9.17) is 31.5 Å². The number of aliphatic hydroxyl groups excluding tert-OH is 2. The lowest BCUT2D eigenvalue weighted by Gasteiger charge is -2.59. The van der Waals surface area contributed by atoms with Crippen molar-refractivity contribution in [3.8, 4) is 5.75 Å². The average Bonchev–Trinajstić information content (AvgIpc) is 3.49. The quantitative estimate of drug-likeness (QED) is 0.381. The van der Waals surface area contributed by atoms with Gasteiger partial charge in [-0.05, 0) is 85.6 Å². The highest BCUT2D eigenvalue weighted by Gasteiger charge is 2.75. The Morgan fingerprint density at radius 3 is 2.80 bits per heavy atom. The topological polar surface area (TPSA) is 128 Å². The fourth-order valence-electron chi connectivity index (χ4n) is 9.49. The number of hydrogen-bond donors (Lipinski definition) is 3. The first-order valence-corrected chi connectivity index (χ1v) is 15.7. The van der Waals surface area contributed by atoms with Gasteiger partial charge in [0.2, 0.25) is 0 Å². The summed E-state index contributed by atoms with van der Waals surface area (Å²) >= 11 is 6.51. The normalized spacial score (nSPS) is 38.8. The molecule has 0 bridgehead atoms. The molecule has 9 atom stereocenters. The van der Waals surface area contributed by atoms with Crippen LogP contribution in [0.3, 0.4) is 0 Å². The molecule has 2 aromatic carbocycles. The lowest BCUT2D eigenvalue weighted by Crippen LogP contribution is -2.63. The molecule has 4 aliphatic carbocycles. The number of carbonyl (C=O) groups excluding carboxylic acids is 2.